The van der Waals surface area contributed by atoms with E-state index in [2.05, 4.69) is 10.5 Å². The minimum absolute atomic E-state index is 0.182. The summed E-state index contributed by atoms with van der Waals surface area (Å²) in [4.78, 5) is 11.7. The molecule has 0 aromatic heterocycles. The van der Waals surface area contributed by atoms with E-state index in [4.69, 9.17) is 16.3 Å². The maximum atomic E-state index is 11.7. The Morgan fingerprint density at radius 2 is 2.05 bits per heavy atom. The molecule has 0 saturated carbocycles. The molecule has 0 saturated heterocycles. The first kappa shape index (κ1) is 15.1. The van der Waals surface area contributed by atoms with Crippen molar-refractivity contribution < 1.29 is 9.53 Å². The molecule has 108 valence electrons. The van der Waals surface area contributed by atoms with E-state index in [1.54, 1.807) is 25.5 Å². The lowest BCUT2D eigenvalue weighted by Crippen LogP contribution is -2.19. The van der Waals surface area contributed by atoms with Gasteiger partial charge in [0.1, 0.15) is 5.75 Å². The third kappa shape index (κ3) is 4.93. The van der Waals surface area contributed by atoms with Crippen LogP contribution in [0.4, 0.5) is 0 Å². The van der Waals surface area contributed by atoms with Gasteiger partial charge < -0.3 is 4.74 Å². The summed E-state index contributed by atoms with van der Waals surface area (Å²) in [6.45, 7) is 0. The van der Waals surface area contributed by atoms with Gasteiger partial charge in [0.2, 0.25) is 5.91 Å². The zero-order valence-corrected chi connectivity index (χ0v) is 12.3. The van der Waals surface area contributed by atoms with E-state index >= 15 is 0 Å². The monoisotopic (exact) mass is 302 g/mol. The molecule has 1 N–H and O–H groups in total. The first-order valence-electron chi connectivity index (χ1n) is 6.38. The van der Waals surface area contributed by atoms with Gasteiger partial charge in [0.05, 0.1) is 19.7 Å². The number of halogens is 1. The van der Waals surface area contributed by atoms with Crippen LogP contribution in [0.5, 0.6) is 5.75 Å². The molecule has 1 amide bonds. The number of rotatable bonds is 5. The third-order valence-corrected chi connectivity index (χ3v) is 3.01. The van der Waals surface area contributed by atoms with Crippen molar-refractivity contribution >= 4 is 23.7 Å². The van der Waals surface area contributed by atoms with E-state index in [0.29, 0.717) is 5.02 Å². The molecule has 0 unspecified atom stereocenters. The smallest absolute Gasteiger partial charge is 0.244 e. The molecular formula is C16H15ClN2O2. The minimum Gasteiger partial charge on any atom is -0.497 e. The molecule has 5 heteroatoms. The van der Waals surface area contributed by atoms with Crippen molar-refractivity contribution in [2.75, 3.05) is 7.11 Å². The van der Waals surface area contributed by atoms with Crippen LogP contribution in [0.2, 0.25) is 5.02 Å². The molecule has 0 atom stereocenters. The lowest BCUT2D eigenvalue weighted by atomic mass is 10.1. The number of amides is 1. The van der Waals surface area contributed by atoms with E-state index in [1.165, 1.54) is 0 Å². The summed E-state index contributed by atoms with van der Waals surface area (Å²) >= 11 is 5.86. The van der Waals surface area contributed by atoms with Gasteiger partial charge >= 0.3 is 0 Å². The van der Waals surface area contributed by atoms with Crippen LogP contribution in [-0.4, -0.2) is 19.2 Å². The predicted molar refractivity (Wildman–Crippen MR) is 83.9 cm³/mol. The average molecular weight is 303 g/mol. The first-order chi connectivity index (χ1) is 10.2. The minimum atomic E-state index is -0.182. The molecule has 2 aromatic rings. The number of carbonyl (C=O) groups is 1. The molecule has 0 bridgehead atoms. The van der Waals surface area contributed by atoms with E-state index < -0.39 is 0 Å². The lowest BCUT2D eigenvalue weighted by Gasteiger charge is -2.02. The van der Waals surface area contributed by atoms with Crippen molar-refractivity contribution in [2.24, 2.45) is 5.10 Å². The average Bonchev–Trinajstić information content (AvgIpc) is 2.48. The third-order valence-electron chi connectivity index (χ3n) is 2.78. The van der Waals surface area contributed by atoms with Crippen LogP contribution in [-0.2, 0) is 11.2 Å². The Bertz CT molecular complexity index is 639. The van der Waals surface area contributed by atoms with E-state index in [9.17, 15) is 4.79 Å². The summed E-state index contributed by atoms with van der Waals surface area (Å²) in [7, 11) is 1.60. The molecule has 0 radical (unpaired) electrons. The molecule has 0 spiro atoms. The number of hydrogen-bond acceptors (Lipinski definition) is 3. The van der Waals surface area contributed by atoms with Gasteiger partial charge in [-0.2, -0.15) is 5.10 Å². The number of hydrazone groups is 1. The van der Waals surface area contributed by atoms with Crippen molar-refractivity contribution in [3.8, 4) is 5.75 Å². The molecule has 0 aliphatic carbocycles. The fraction of sp³-hybridized carbons (Fsp3) is 0.125. The molecule has 2 rings (SSSR count). The molecule has 0 aliphatic heterocycles. The van der Waals surface area contributed by atoms with Gasteiger partial charge in [-0.3, -0.25) is 4.79 Å². The van der Waals surface area contributed by atoms with Gasteiger partial charge in [-0.25, -0.2) is 5.43 Å². The Morgan fingerprint density at radius 1 is 1.29 bits per heavy atom. The number of ether oxygens (including phenoxy) is 1. The van der Waals surface area contributed by atoms with Gasteiger partial charge in [0.15, 0.2) is 0 Å². The summed E-state index contributed by atoms with van der Waals surface area (Å²) in [5.74, 6) is 0.580. The van der Waals surface area contributed by atoms with E-state index in [0.717, 1.165) is 16.9 Å². The highest BCUT2D eigenvalue weighted by atomic mass is 35.5. The highest BCUT2D eigenvalue weighted by Crippen LogP contribution is 2.11. The summed E-state index contributed by atoms with van der Waals surface area (Å²) in [6, 6.07) is 14.5. The number of methoxy groups -OCH3 is 1. The largest absolute Gasteiger partial charge is 0.497 e. The zero-order chi connectivity index (χ0) is 15.1. The van der Waals surface area contributed by atoms with Gasteiger partial charge in [-0.1, -0.05) is 35.9 Å². The fourth-order valence-corrected chi connectivity index (χ4v) is 1.93. The second kappa shape index (κ2) is 7.45. The standard InChI is InChI=1S/C16H15ClN2O2/c1-21-15-7-5-12(6-8-15)10-16(20)19-18-11-13-3-2-4-14(17)9-13/h2-9,11H,10H2,1H3,(H,19,20)/b18-11+. The molecule has 0 aliphatic rings. The number of carbonyl (C=O) groups excluding carboxylic acids is 1. The Kier molecular flexibility index (Phi) is 5.35. The summed E-state index contributed by atoms with van der Waals surface area (Å²) in [6.07, 6.45) is 1.81. The van der Waals surface area contributed by atoms with Crippen LogP contribution in [0.15, 0.2) is 53.6 Å². The normalized spacial score (nSPS) is 10.6. The van der Waals surface area contributed by atoms with Crippen molar-refractivity contribution in [1.29, 1.82) is 0 Å². The van der Waals surface area contributed by atoms with Crippen LogP contribution in [0.1, 0.15) is 11.1 Å². The molecular weight excluding hydrogens is 288 g/mol. The van der Waals surface area contributed by atoms with Gasteiger partial charge in [-0.05, 0) is 35.4 Å². The second-order valence-electron chi connectivity index (χ2n) is 4.37. The Hall–Kier alpha value is -2.33. The molecule has 21 heavy (non-hydrogen) atoms. The van der Waals surface area contributed by atoms with Crippen molar-refractivity contribution in [3.63, 3.8) is 0 Å². The second-order valence-corrected chi connectivity index (χ2v) is 4.81. The maximum Gasteiger partial charge on any atom is 0.244 e. The zero-order valence-electron chi connectivity index (χ0n) is 11.5. The van der Waals surface area contributed by atoms with E-state index in [1.807, 2.05) is 36.4 Å². The van der Waals surface area contributed by atoms with Gasteiger partial charge in [0, 0.05) is 5.02 Å². The topological polar surface area (TPSA) is 50.7 Å². The van der Waals surface area contributed by atoms with Crippen molar-refractivity contribution in [3.05, 3.63) is 64.7 Å². The molecule has 0 fully saturated rings. The van der Waals surface area contributed by atoms with Crippen LogP contribution in [0, 0.1) is 0 Å². The first-order valence-corrected chi connectivity index (χ1v) is 6.75. The quantitative estimate of drug-likeness (QED) is 0.682. The van der Waals surface area contributed by atoms with Crippen LogP contribution in [0.3, 0.4) is 0 Å². The van der Waals surface area contributed by atoms with Crippen LogP contribution < -0.4 is 10.2 Å². The summed E-state index contributed by atoms with van der Waals surface area (Å²) in [5.41, 5.74) is 4.20. The molecule has 0 heterocycles. The Morgan fingerprint density at radius 3 is 2.71 bits per heavy atom. The highest BCUT2D eigenvalue weighted by molar-refractivity contribution is 6.30. The number of nitrogens with zero attached hydrogens (tertiary/aromatic N) is 1. The SMILES string of the molecule is COc1ccc(CC(=O)N/N=C/c2cccc(Cl)c2)cc1. The van der Waals surface area contributed by atoms with Gasteiger partial charge in [0.25, 0.3) is 0 Å². The summed E-state index contributed by atoms with van der Waals surface area (Å²) < 4.78 is 5.06. The number of benzene rings is 2. The lowest BCUT2D eigenvalue weighted by molar-refractivity contribution is -0.120. The highest BCUT2D eigenvalue weighted by Gasteiger charge is 2.02. The Balaban J connectivity index is 1.86. The van der Waals surface area contributed by atoms with Gasteiger partial charge in [-0.15, -0.1) is 0 Å². The van der Waals surface area contributed by atoms with Crippen LogP contribution in [0.25, 0.3) is 0 Å². The van der Waals surface area contributed by atoms with Crippen LogP contribution >= 0.6 is 11.6 Å². The summed E-state index contributed by atoms with van der Waals surface area (Å²) in [5, 5.41) is 4.53. The molecule has 2 aromatic carbocycles. The van der Waals surface area contributed by atoms with Crippen molar-refractivity contribution in [2.45, 2.75) is 6.42 Å². The number of hydrogen-bond donors (Lipinski definition) is 1. The predicted octanol–water partition coefficient (Wildman–Crippen LogP) is 3.04. The molecule has 4 nitrogen and oxygen atoms in total. The van der Waals surface area contributed by atoms with E-state index in [-0.39, 0.29) is 12.3 Å². The maximum absolute atomic E-state index is 11.7. The Labute approximate surface area is 128 Å². The van der Waals surface area contributed by atoms with Crippen molar-refractivity contribution in [1.82, 2.24) is 5.43 Å². The number of nitrogens with one attached hydrogen (secondary N) is 1. The fourth-order valence-electron chi connectivity index (χ4n) is 1.73.